The average Bonchev–Trinajstić information content (AvgIpc) is 4.05. The second-order valence-corrected chi connectivity index (χ2v) is 19.6. The van der Waals surface area contributed by atoms with Crippen LogP contribution in [-0.2, 0) is 51.2 Å². The van der Waals surface area contributed by atoms with Crippen LogP contribution in [0, 0.1) is 5.92 Å². The highest BCUT2D eigenvalue weighted by molar-refractivity contribution is 5.98. The van der Waals surface area contributed by atoms with E-state index in [9.17, 15) is 53.4 Å². The summed E-state index contributed by atoms with van der Waals surface area (Å²) in [5, 5.41) is 42.3. The Morgan fingerprint density at radius 3 is 2.07 bits per heavy atom. The van der Waals surface area contributed by atoms with Crippen LogP contribution in [0.25, 0.3) is 10.9 Å². The molecule has 2 aliphatic rings. The zero-order valence-corrected chi connectivity index (χ0v) is 43.0. The number of guanidine groups is 1. The van der Waals surface area contributed by atoms with Crippen molar-refractivity contribution in [2.45, 2.75) is 133 Å². The summed E-state index contributed by atoms with van der Waals surface area (Å²) in [4.78, 5) is 130. The maximum absolute atomic E-state index is 14.1. The molecule has 2 fully saturated rings. The number of phenols is 1. The van der Waals surface area contributed by atoms with Crippen molar-refractivity contribution in [3.63, 3.8) is 0 Å². The van der Waals surface area contributed by atoms with E-state index >= 15 is 0 Å². The van der Waals surface area contributed by atoms with E-state index in [0.29, 0.717) is 24.0 Å². The highest BCUT2D eigenvalue weighted by atomic mass is 16.3. The molecule has 0 bridgehead atoms. The fourth-order valence-corrected chi connectivity index (χ4v) is 9.25. The number of aromatic nitrogens is 1. The lowest BCUT2D eigenvalue weighted by Gasteiger charge is -2.30. The van der Waals surface area contributed by atoms with E-state index in [1.807, 2.05) is 24.3 Å². The largest absolute Gasteiger partial charge is 0.508 e. The summed E-state index contributed by atoms with van der Waals surface area (Å²) in [6.07, 6.45) is 7.27. The summed E-state index contributed by atoms with van der Waals surface area (Å²) in [5.41, 5.74) is 18.2. The SMILES string of the molecule is CC(C)C[C@H](NC(=O)CNC(=O)[C@H](Cc1ccc(O)cc1)NC(=O)[C@H](CO)NC(=O)[C@H](Cc1c[nH]c2ccccc12)NC(=O)NC1CCCCC1)C(=O)N[C@@H](CCCN=C(N)N)C(=O)N1CCC[C@H]1C(=O)NCC(N)=O. The Balaban J connectivity index is 1.27. The number of nitrogens with one attached hydrogen (secondary N) is 9. The zero-order valence-electron chi connectivity index (χ0n) is 43.0. The number of aliphatic hydroxyl groups excluding tert-OH is 1. The number of rotatable bonds is 27. The minimum absolute atomic E-state index is 0.0145. The highest BCUT2D eigenvalue weighted by Gasteiger charge is 2.39. The average molecular weight is 1060 g/mol. The molecule has 1 saturated carbocycles. The van der Waals surface area contributed by atoms with Crippen LogP contribution >= 0.6 is 0 Å². The van der Waals surface area contributed by atoms with Crippen molar-refractivity contribution in [1.29, 1.82) is 0 Å². The maximum Gasteiger partial charge on any atom is 0.315 e. The van der Waals surface area contributed by atoms with Crippen molar-refractivity contribution >= 4 is 70.2 Å². The number of aromatic hydroxyl groups is 1. The van der Waals surface area contributed by atoms with Gasteiger partial charge in [0, 0.05) is 49.1 Å². The third kappa shape index (κ3) is 18.5. The van der Waals surface area contributed by atoms with E-state index in [4.69, 9.17) is 17.2 Å². The van der Waals surface area contributed by atoms with Crippen LogP contribution < -0.4 is 59.7 Å². The molecule has 25 nitrogen and oxygen atoms in total. The van der Waals surface area contributed by atoms with Crippen molar-refractivity contribution < 1.29 is 53.4 Å². The van der Waals surface area contributed by atoms with Crippen molar-refractivity contribution in [1.82, 2.24) is 52.4 Å². The van der Waals surface area contributed by atoms with Crippen LogP contribution in [0.15, 0.2) is 59.7 Å². The number of fused-ring (bicyclic) bond motifs is 1. The molecule has 0 spiro atoms. The molecule has 1 aliphatic heterocycles. The normalized spacial score (nSPS) is 16.5. The van der Waals surface area contributed by atoms with Gasteiger partial charge in [-0.3, -0.25) is 43.3 Å². The quantitative estimate of drug-likeness (QED) is 0.0233. The van der Waals surface area contributed by atoms with Crippen molar-refractivity contribution in [2.75, 3.05) is 32.8 Å². The number of para-hydroxylation sites is 1. The number of hydrogen-bond donors (Lipinski definition) is 14. The molecule has 5 rings (SSSR count). The fourth-order valence-electron chi connectivity index (χ4n) is 9.25. The van der Waals surface area contributed by atoms with Gasteiger partial charge in [0.2, 0.25) is 47.3 Å². The number of aliphatic imine (C=N–C) groups is 1. The molecule has 3 aromatic rings. The van der Waals surface area contributed by atoms with Gasteiger partial charge in [0.15, 0.2) is 5.96 Å². The molecule has 0 radical (unpaired) electrons. The number of urea groups is 1. The Kier molecular flexibility index (Phi) is 22.7. The van der Waals surface area contributed by atoms with Gasteiger partial charge in [-0.15, -0.1) is 0 Å². The standard InChI is InChI=1S/C51H74N14O11/c1-29(2)22-37(45(71)61-36(14-8-20-55-50(53)54)49(75)65-21-9-15-41(65)48(74)57-26-42(52)68)60-43(69)27-58-44(70)38(23-30-16-18-33(67)19-17-30)62-47(73)40(28-66)63-46(72)39(64-51(76)59-32-10-4-3-5-11-32)24-31-25-56-35-13-7-6-12-34(31)35/h6-7,12-13,16-19,25,29,32,36-41,56,66-67H,3-5,8-11,14-15,20-24,26-28H2,1-2H3,(H2,52,68)(H,57,74)(H,58,70)(H,60,69)(H,61,71)(H,62,73)(H,63,72)(H4,53,54,55)(H2,59,64,76)/t36-,37-,38-,39-,40-,41-/m0/s1. The number of phenolic OH excluding ortho intramolecular Hbond substituents is 1. The molecule has 25 heteroatoms. The molecule has 2 heterocycles. The molecular formula is C51H74N14O11. The van der Waals surface area contributed by atoms with Gasteiger partial charge in [0.05, 0.1) is 19.7 Å². The molecule has 0 unspecified atom stereocenters. The molecule has 10 amide bonds. The molecule has 1 aliphatic carbocycles. The number of nitrogens with two attached hydrogens (primary N) is 3. The second kappa shape index (κ2) is 29.2. The number of H-pyrrole nitrogens is 1. The summed E-state index contributed by atoms with van der Waals surface area (Å²) in [7, 11) is 0. The predicted octanol–water partition coefficient (Wildman–Crippen LogP) is -1.60. The van der Waals surface area contributed by atoms with Crippen LogP contribution in [-0.4, -0.2) is 154 Å². The smallest absolute Gasteiger partial charge is 0.315 e. The number of amides is 10. The summed E-state index contributed by atoms with van der Waals surface area (Å²) < 4.78 is 0. The number of carbonyl (C=O) groups is 9. The topological polar surface area (TPSA) is 400 Å². The Morgan fingerprint density at radius 1 is 0.724 bits per heavy atom. The van der Waals surface area contributed by atoms with Crippen molar-refractivity contribution in [2.24, 2.45) is 28.1 Å². The summed E-state index contributed by atoms with van der Waals surface area (Å²) in [5.74, 6) is -6.52. The molecule has 17 N–H and O–H groups in total. The van der Waals surface area contributed by atoms with E-state index in [2.05, 4.69) is 52.5 Å². The third-order valence-electron chi connectivity index (χ3n) is 13.1. The number of primary amides is 1. The molecule has 1 aromatic heterocycles. The third-order valence-corrected chi connectivity index (χ3v) is 13.1. The van der Waals surface area contributed by atoms with Gasteiger partial charge < -0.3 is 79.8 Å². The fraction of sp³-hybridized carbons (Fsp3) is 0.529. The Bertz CT molecular complexity index is 2530. The zero-order chi connectivity index (χ0) is 55.3. The van der Waals surface area contributed by atoms with E-state index < -0.39 is 109 Å². The first kappa shape index (κ1) is 58.9. The number of carbonyl (C=O) groups excluding carboxylic acids is 9. The van der Waals surface area contributed by atoms with Crippen molar-refractivity contribution in [3.8, 4) is 5.75 Å². The number of hydrogen-bond acceptors (Lipinski definition) is 12. The van der Waals surface area contributed by atoms with Gasteiger partial charge >= 0.3 is 6.03 Å². The Hall–Kier alpha value is -7.96. The lowest BCUT2D eigenvalue weighted by atomic mass is 9.96. The van der Waals surface area contributed by atoms with E-state index in [1.165, 1.54) is 29.2 Å². The number of aromatic amines is 1. The molecule has 1 saturated heterocycles. The van der Waals surface area contributed by atoms with E-state index in [0.717, 1.165) is 43.0 Å². The van der Waals surface area contributed by atoms with E-state index in [-0.39, 0.29) is 68.9 Å². The molecular weight excluding hydrogens is 985 g/mol. The maximum atomic E-state index is 14.1. The van der Waals surface area contributed by atoms with Crippen LogP contribution in [0.4, 0.5) is 4.79 Å². The van der Waals surface area contributed by atoms with Crippen LogP contribution in [0.3, 0.4) is 0 Å². The second-order valence-electron chi connectivity index (χ2n) is 19.6. The Labute approximate surface area is 440 Å². The van der Waals surface area contributed by atoms with E-state index in [1.54, 1.807) is 20.0 Å². The van der Waals surface area contributed by atoms with Crippen LogP contribution in [0.5, 0.6) is 5.75 Å². The monoisotopic (exact) mass is 1060 g/mol. The van der Waals surface area contributed by atoms with Crippen LogP contribution in [0.2, 0.25) is 0 Å². The summed E-state index contributed by atoms with van der Waals surface area (Å²) in [6.45, 7) is 1.89. The minimum atomic E-state index is -1.62. The van der Waals surface area contributed by atoms with Gasteiger partial charge in [0.1, 0.15) is 42.0 Å². The molecule has 414 valence electrons. The lowest BCUT2D eigenvalue weighted by Crippen LogP contribution is -2.60. The van der Waals surface area contributed by atoms with Gasteiger partial charge in [0.25, 0.3) is 0 Å². The first-order valence-corrected chi connectivity index (χ1v) is 25.7. The minimum Gasteiger partial charge on any atom is -0.508 e. The molecule has 2 aromatic carbocycles. The van der Waals surface area contributed by atoms with Gasteiger partial charge in [-0.2, -0.15) is 0 Å². The first-order chi connectivity index (χ1) is 36.3. The Morgan fingerprint density at radius 2 is 1.38 bits per heavy atom. The van der Waals surface area contributed by atoms with Crippen LogP contribution in [0.1, 0.15) is 89.2 Å². The first-order valence-electron chi connectivity index (χ1n) is 25.7. The number of nitrogens with zero attached hydrogens (tertiary/aromatic N) is 2. The molecule has 76 heavy (non-hydrogen) atoms. The number of aliphatic hydroxyl groups is 1. The highest BCUT2D eigenvalue weighted by Crippen LogP contribution is 2.22. The number of likely N-dealkylation sites (tertiary alicyclic amines) is 1. The van der Waals surface area contributed by atoms with Gasteiger partial charge in [-0.25, -0.2) is 4.79 Å². The summed E-state index contributed by atoms with van der Waals surface area (Å²) in [6, 6.07) is 4.91. The van der Waals surface area contributed by atoms with Gasteiger partial charge in [-0.1, -0.05) is 63.4 Å². The van der Waals surface area contributed by atoms with Crippen molar-refractivity contribution in [3.05, 3.63) is 65.9 Å². The summed E-state index contributed by atoms with van der Waals surface area (Å²) >= 11 is 0. The van der Waals surface area contributed by atoms with Gasteiger partial charge in [-0.05, 0) is 80.2 Å². The lowest BCUT2D eigenvalue weighted by molar-refractivity contribution is -0.142. The number of benzene rings is 2. The predicted molar refractivity (Wildman–Crippen MR) is 280 cm³/mol. The molecule has 6 atom stereocenters.